The molecule has 0 aliphatic carbocycles. The predicted molar refractivity (Wildman–Crippen MR) is 179 cm³/mol. The number of thiol groups is 1. The lowest BCUT2D eigenvalue weighted by Crippen LogP contribution is -2.14. The van der Waals surface area contributed by atoms with Gasteiger partial charge in [-0.25, -0.2) is 0 Å². The van der Waals surface area contributed by atoms with E-state index in [0.717, 1.165) is 41.8 Å². The molecule has 41 heavy (non-hydrogen) atoms. The van der Waals surface area contributed by atoms with E-state index in [9.17, 15) is 9.90 Å². The van der Waals surface area contributed by atoms with E-state index < -0.39 is 0 Å². The minimum absolute atomic E-state index is 0.0315. The fourth-order valence-electron chi connectivity index (χ4n) is 4.14. The fraction of sp³-hybridized carbons (Fsp3) is 0.286. The first-order valence-corrected chi connectivity index (χ1v) is 14.8. The maximum Gasteiger partial charge on any atom is 0.256 e. The molecule has 3 aromatic rings. The van der Waals surface area contributed by atoms with E-state index >= 15 is 0 Å². The Labute approximate surface area is 251 Å². The third kappa shape index (κ3) is 11.0. The molecule has 0 spiro atoms. The van der Waals surface area contributed by atoms with Crippen LogP contribution in [0.4, 0.5) is 5.69 Å². The summed E-state index contributed by atoms with van der Waals surface area (Å²) in [7, 11) is 0. The lowest BCUT2D eigenvalue weighted by atomic mass is 9.99. The molecule has 5 N–H and O–H groups in total. The summed E-state index contributed by atoms with van der Waals surface area (Å²) in [6.45, 7) is 11.4. The maximum atomic E-state index is 13.1. The highest BCUT2D eigenvalue weighted by molar-refractivity contribution is 7.83. The number of anilines is 1. The van der Waals surface area contributed by atoms with Gasteiger partial charge in [-0.05, 0) is 79.1 Å². The van der Waals surface area contributed by atoms with E-state index in [0.29, 0.717) is 16.9 Å². The monoisotopic (exact) mass is 571 g/mol. The molecular weight excluding hydrogens is 526 g/mol. The summed E-state index contributed by atoms with van der Waals surface area (Å²) in [6, 6.07) is 22.3. The van der Waals surface area contributed by atoms with Crippen molar-refractivity contribution in [3.8, 4) is 16.9 Å². The number of carbonyl (C=O) groups excluding carboxylic acids is 1. The summed E-state index contributed by atoms with van der Waals surface area (Å²) >= 11 is 4.23. The number of rotatable bonds is 13. The van der Waals surface area contributed by atoms with Crippen LogP contribution in [0.15, 0.2) is 102 Å². The Hall–Kier alpha value is -3.74. The molecule has 3 rings (SSSR count). The standard InChI is InChI=1S/C31H34N2O2S.C4H11N/c1-4-5-7-12-22(2)28(19-20-36)32-23(3)25-17-18-29(30(34)21-25)33-31(35)27-16-11-10-15-26(27)24-13-8-6-9-14-24;1-2-3-4-5/h6,8-11,13-21,32,34,36H,3-5,7,12H2,1-2H3,(H,33,35);2-5H2,1H3/b20-19-,28-22-;. The summed E-state index contributed by atoms with van der Waals surface area (Å²) in [5.41, 5.74) is 11.3. The third-order valence-corrected chi connectivity index (χ3v) is 6.70. The average molecular weight is 572 g/mol. The van der Waals surface area contributed by atoms with Crippen LogP contribution in [0.5, 0.6) is 5.75 Å². The molecule has 0 atom stereocenters. The molecule has 0 unspecified atom stereocenters. The second-order valence-electron chi connectivity index (χ2n) is 9.81. The highest BCUT2D eigenvalue weighted by atomic mass is 32.1. The van der Waals surface area contributed by atoms with E-state index in [1.54, 1.807) is 23.6 Å². The normalized spacial score (nSPS) is 11.3. The number of carbonyl (C=O) groups is 1. The van der Waals surface area contributed by atoms with Crippen LogP contribution in [-0.4, -0.2) is 17.6 Å². The van der Waals surface area contributed by atoms with Crippen LogP contribution >= 0.6 is 12.6 Å². The Bertz CT molecular complexity index is 1310. The topological polar surface area (TPSA) is 87.4 Å². The first kappa shape index (κ1) is 33.5. The van der Waals surface area contributed by atoms with Crippen LogP contribution in [0.3, 0.4) is 0 Å². The molecule has 0 radical (unpaired) electrons. The van der Waals surface area contributed by atoms with Gasteiger partial charge in [-0.1, -0.05) is 94.3 Å². The van der Waals surface area contributed by atoms with Gasteiger partial charge in [0, 0.05) is 22.5 Å². The summed E-state index contributed by atoms with van der Waals surface area (Å²) in [5.74, 6) is -0.322. The zero-order valence-electron chi connectivity index (χ0n) is 24.6. The van der Waals surface area contributed by atoms with Crippen LogP contribution in [0.25, 0.3) is 16.8 Å². The number of nitrogens with two attached hydrogens (primary N) is 1. The molecule has 0 saturated carbocycles. The first-order valence-electron chi connectivity index (χ1n) is 14.3. The molecule has 1 amide bonds. The Morgan fingerprint density at radius 3 is 2.27 bits per heavy atom. The number of hydrogen-bond acceptors (Lipinski definition) is 5. The number of phenols is 1. The Morgan fingerprint density at radius 1 is 0.976 bits per heavy atom. The van der Waals surface area contributed by atoms with Gasteiger partial charge in [-0.3, -0.25) is 4.79 Å². The summed E-state index contributed by atoms with van der Waals surface area (Å²) in [5, 5.41) is 18.6. The number of aromatic hydroxyl groups is 1. The van der Waals surface area contributed by atoms with Crippen molar-refractivity contribution in [2.45, 2.75) is 59.3 Å². The van der Waals surface area contributed by atoms with Crippen LogP contribution in [0.1, 0.15) is 75.2 Å². The number of benzene rings is 3. The molecule has 5 nitrogen and oxygen atoms in total. The molecule has 3 aromatic carbocycles. The maximum absolute atomic E-state index is 13.1. The zero-order valence-corrected chi connectivity index (χ0v) is 25.5. The third-order valence-electron chi connectivity index (χ3n) is 6.55. The van der Waals surface area contributed by atoms with Crippen LogP contribution in [-0.2, 0) is 0 Å². The van der Waals surface area contributed by atoms with Crippen molar-refractivity contribution in [3.05, 3.63) is 113 Å². The lowest BCUT2D eigenvalue weighted by Gasteiger charge is -2.16. The van der Waals surface area contributed by atoms with Crippen LogP contribution in [0.2, 0.25) is 0 Å². The molecule has 0 bridgehead atoms. The van der Waals surface area contributed by atoms with Crippen molar-refractivity contribution in [2.75, 3.05) is 11.9 Å². The van der Waals surface area contributed by atoms with Gasteiger partial charge in [-0.15, -0.1) is 0 Å². The quantitative estimate of drug-likeness (QED) is 0.0613. The van der Waals surface area contributed by atoms with Gasteiger partial charge in [0.05, 0.1) is 5.69 Å². The summed E-state index contributed by atoms with van der Waals surface area (Å²) in [6.07, 6.45) is 8.77. The van der Waals surface area contributed by atoms with E-state index in [1.807, 2.05) is 60.7 Å². The molecule has 0 saturated heterocycles. The summed E-state index contributed by atoms with van der Waals surface area (Å²) in [4.78, 5) is 13.1. The highest BCUT2D eigenvalue weighted by Crippen LogP contribution is 2.29. The SMILES string of the molecule is C=C(NC(/C=C\S)=C(/C)CCCCC)c1ccc(NC(=O)c2ccccc2-c2ccccc2)c(O)c1.CCCCN. The Balaban J connectivity index is 0.00000108. The second-order valence-corrected chi connectivity index (χ2v) is 10.1. The van der Waals surface area contributed by atoms with Gasteiger partial charge in [0.2, 0.25) is 0 Å². The van der Waals surface area contributed by atoms with Crippen molar-refractivity contribution < 1.29 is 9.90 Å². The van der Waals surface area contributed by atoms with Crippen molar-refractivity contribution in [2.24, 2.45) is 5.73 Å². The molecular formula is C35H45N3O2S. The van der Waals surface area contributed by atoms with Gasteiger partial charge in [0.1, 0.15) is 5.75 Å². The summed E-state index contributed by atoms with van der Waals surface area (Å²) < 4.78 is 0. The average Bonchev–Trinajstić information content (AvgIpc) is 2.99. The van der Waals surface area contributed by atoms with Crippen molar-refractivity contribution >= 4 is 29.9 Å². The fourth-order valence-corrected chi connectivity index (χ4v) is 4.29. The zero-order chi connectivity index (χ0) is 30.0. The number of nitrogens with one attached hydrogen (secondary N) is 2. The smallest absolute Gasteiger partial charge is 0.256 e. The van der Waals surface area contributed by atoms with Gasteiger partial charge in [0.25, 0.3) is 5.91 Å². The molecule has 218 valence electrons. The Kier molecular flexibility index (Phi) is 15.2. The van der Waals surface area contributed by atoms with E-state index in [4.69, 9.17) is 5.73 Å². The Morgan fingerprint density at radius 2 is 1.66 bits per heavy atom. The molecule has 0 aromatic heterocycles. The van der Waals surface area contributed by atoms with Gasteiger partial charge in [0.15, 0.2) is 0 Å². The van der Waals surface area contributed by atoms with Crippen molar-refractivity contribution in [1.29, 1.82) is 0 Å². The van der Waals surface area contributed by atoms with Crippen molar-refractivity contribution in [1.82, 2.24) is 5.32 Å². The molecule has 6 heteroatoms. The number of allylic oxidation sites excluding steroid dienone is 2. The van der Waals surface area contributed by atoms with Gasteiger partial charge < -0.3 is 21.5 Å². The first-order chi connectivity index (χ1) is 19.9. The minimum Gasteiger partial charge on any atom is -0.506 e. The van der Waals surface area contributed by atoms with E-state index in [2.05, 4.69) is 50.6 Å². The van der Waals surface area contributed by atoms with Crippen LogP contribution < -0.4 is 16.4 Å². The number of phenolic OH excluding ortho intramolecular Hbond substituents is 1. The molecule has 0 aliphatic rings. The number of hydrogen-bond donors (Lipinski definition) is 5. The predicted octanol–water partition coefficient (Wildman–Crippen LogP) is 8.91. The largest absolute Gasteiger partial charge is 0.506 e. The van der Waals surface area contributed by atoms with E-state index in [-0.39, 0.29) is 11.7 Å². The molecule has 0 fully saturated rings. The van der Waals surface area contributed by atoms with E-state index in [1.165, 1.54) is 31.3 Å². The molecule has 0 heterocycles. The van der Waals surface area contributed by atoms with Crippen molar-refractivity contribution in [3.63, 3.8) is 0 Å². The second kappa shape index (κ2) is 18.6. The lowest BCUT2D eigenvalue weighted by molar-refractivity contribution is 0.102. The highest BCUT2D eigenvalue weighted by Gasteiger charge is 2.15. The van der Waals surface area contributed by atoms with Gasteiger partial charge >= 0.3 is 0 Å². The van der Waals surface area contributed by atoms with Gasteiger partial charge in [-0.2, -0.15) is 12.6 Å². The number of amides is 1. The van der Waals surface area contributed by atoms with Crippen LogP contribution in [0, 0.1) is 0 Å². The number of unbranched alkanes of at least 4 members (excludes halogenated alkanes) is 3. The molecule has 0 aliphatic heterocycles. The minimum atomic E-state index is -0.290.